The number of nitrogens with two attached hydrogens (primary N) is 1. The highest BCUT2D eigenvalue weighted by Crippen LogP contribution is 2.38. The number of hydrogen-bond acceptors (Lipinski definition) is 2. The average molecular weight is 295 g/mol. The molecule has 2 aliphatic rings. The standard InChI is InChI=1S/C19H21NS/c20-17(19-12-16-4-1-2-7-18(16)21-19)11-13-8-9-14-5-3-6-15(14)10-13/h1-2,4,7-10,17,19H,3,5-6,11-12,20H2. The summed E-state index contributed by atoms with van der Waals surface area (Å²) in [6.07, 6.45) is 5.95. The molecule has 1 heterocycles. The van der Waals surface area contributed by atoms with Crippen molar-refractivity contribution in [2.24, 2.45) is 5.73 Å². The van der Waals surface area contributed by atoms with Gasteiger partial charge in [0.1, 0.15) is 0 Å². The smallest absolute Gasteiger partial charge is 0.0290 e. The normalized spacial score (nSPS) is 21.1. The highest BCUT2D eigenvalue weighted by molar-refractivity contribution is 8.00. The number of aryl methyl sites for hydroxylation is 2. The van der Waals surface area contributed by atoms with Crippen LogP contribution in [0.4, 0.5) is 0 Å². The van der Waals surface area contributed by atoms with E-state index in [1.165, 1.54) is 35.3 Å². The fourth-order valence-corrected chi connectivity index (χ4v) is 4.92. The minimum atomic E-state index is 0.238. The molecule has 0 radical (unpaired) electrons. The highest BCUT2D eigenvalue weighted by atomic mass is 32.2. The lowest BCUT2D eigenvalue weighted by Crippen LogP contribution is -2.34. The summed E-state index contributed by atoms with van der Waals surface area (Å²) in [4.78, 5) is 1.42. The van der Waals surface area contributed by atoms with Crippen LogP contribution in [0, 0.1) is 0 Å². The molecule has 2 unspecified atom stereocenters. The molecular formula is C19H21NS. The molecule has 1 aliphatic carbocycles. The Morgan fingerprint density at radius 1 is 1.05 bits per heavy atom. The molecule has 1 nitrogen and oxygen atoms in total. The van der Waals surface area contributed by atoms with Gasteiger partial charge in [-0.3, -0.25) is 0 Å². The number of thioether (sulfide) groups is 1. The van der Waals surface area contributed by atoms with Crippen LogP contribution in [-0.4, -0.2) is 11.3 Å². The molecule has 0 aromatic heterocycles. The Bertz CT molecular complexity index is 639. The predicted molar refractivity (Wildman–Crippen MR) is 89.9 cm³/mol. The molecule has 0 amide bonds. The van der Waals surface area contributed by atoms with Crippen LogP contribution in [0.25, 0.3) is 0 Å². The van der Waals surface area contributed by atoms with Crippen molar-refractivity contribution in [1.29, 1.82) is 0 Å². The summed E-state index contributed by atoms with van der Waals surface area (Å²) in [6.45, 7) is 0. The van der Waals surface area contributed by atoms with Crippen molar-refractivity contribution in [2.75, 3.05) is 0 Å². The molecular weight excluding hydrogens is 274 g/mol. The molecule has 4 rings (SSSR count). The van der Waals surface area contributed by atoms with Gasteiger partial charge in [0.2, 0.25) is 0 Å². The summed E-state index contributed by atoms with van der Waals surface area (Å²) < 4.78 is 0. The van der Waals surface area contributed by atoms with Crippen LogP contribution in [0.3, 0.4) is 0 Å². The average Bonchev–Trinajstić information content (AvgIpc) is 3.13. The van der Waals surface area contributed by atoms with Gasteiger partial charge in [0.15, 0.2) is 0 Å². The predicted octanol–water partition coefficient (Wildman–Crippen LogP) is 3.76. The second kappa shape index (κ2) is 5.51. The monoisotopic (exact) mass is 295 g/mol. The molecule has 2 heteroatoms. The number of hydrogen-bond donors (Lipinski definition) is 1. The van der Waals surface area contributed by atoms with Gasteiger partial charge in [0.25, 0.3) is 0 Å². The van der Waals surface area contributed by atoms with Gasteiger partial charge in [-0.05, 0) is 60.4 Å². The fraction of sp³-hybridized carbons (Fsp3) is 0.368. The summed E-state index contributed by atoms with van der Waals surface area (Å²) in [5.41, 5.74) is 12.5. The minimum Gasteiger partial charge on any atom is -0.326 e. The lowest BCUT2D eigenvalue weighted by molar-refractivity contribution is 0.632. The van der Waals surface area contributed by atoms with E-state index in [9.17, 15) is 0 Å². The lowest BCUT2D eigenvalue weighted by Gasteiger charge is -2.18. The topological polar surface area (TPSA) is 26.0 Å². The molecule has 21 heavy (non-hydrogen) atoms. The van der Waals surface area contributed by atoms with Crippen molar-refractivity contribution >= 4 is 11.8 Å². The number of rotatable bonds is 3. The summed E-state index contributed by atoms with van der Waals surface area (Å²) in [7, 11) is 0. The van der Waals surface area contributed by atoms with E-state index >= 15 is 0 Å². The van der Waals surface area contributed by atoms with E-state index in [0.29, 0.717) is 5.25 Å². The van der Waals surface area contributed by atoms with Crippen molar-refractivity contribution in [3.63, 3.8) is 0 Å². The quantitative estimate of drug-likeness (QED) is 0.933. The first-order chi connectivity index (χ1) is 10.3. The van der Waals surface area contributed by atoms with Crippen molar-refractivity contribution in [2.45, 2.75) is 48.3 Å². The lowest BCUT2D eigenvalue weighted by atomic mass is 9.97. The largest absolute Gasteiger partial charge is 0.326 e. The van der Waals surface area contributed by atoms with Gasteiger partial charge >= 0.3 is 0 Å². The second-order valence-corrected chi connectivity index (χ2v) is 7.57. The van der Waals surface area contributed by atoms with E-state index in [1.807, 2.05) is 11.8 Å². The zero-order valence-electron chi connectivity index (χ0n) is 12.2. The molecule has 2 N–H and O–H groups in total. The zero-order valence-corrected chi connectivity index (χ0v) is 13.0. The Morgan fingerprint density at radius 2 is 1.90 bits per heavy atom. The third-order valence-electron chi connectivity index (χ3n) is 4.78. The van der Waals surface area contributed by atoms with Gasteiger partial charge < -0.3 is 5.73 Å². The minimum absolute atomic E-state index is 0.238. The molecule has 1 aliphatic heterocycles. The van der Waals surface area contributed by atoms with Gasteiger partial charge in [-0.1, -0.05) is 36.4 Å². The van der Waals surface area contributed by atoms with Crippen LogP contribution in [0.5, 0.6) is 0 Å². The summed E-state index contributed by atoms with van der Waals surface area (Å²) >= 11 is 1.96. The van der Waals surface area contributed by atoms with E-state index in [4.69, 9.17) is 5.73 Å². The van der Waals surface area contributed by atoms with E-state index in [2.05, 4.69) is 42.5 Å². The summed E-state index contributed by atoms with van der Waals surface area (Å²) in [5, 5.41) is 0.524. The molecule has 0 saturated carbocycles. The number of benzene rings is 2. The Morgan fingerprint density at radius 3 is 2.81 bits per heavy atom. The van der Waals surface area contributed by atoms with Crippen LogP contribution >= 0.6 is 11.8 Å². The second-order valence-electron chi connectivity index (χ2n) is 6.29. The van der Waals surface area contributed by atoms with Crippen molar-refractivity contribution < 1.29 is 0 Å². The van der Waals surface area contributed by atoms with E-state index in [1.54, 1.807) is 11.1 Å². The van der Waals surface area contributed by atoms with Gasteiger partial charge in [-0.2, -0.15) is 0 Å². The van der Waals surface area contributed by atoms with Crippen molar-refractivity contribution in [3.05, 3.63) is 64.7 Å². The van der Waals surface area contributed by atoms with E-state index in [-0.39, 0.29) is 6.04 Å². The van der Waals surface area contributed by atoms with Crippen LogP contribution in [-0.2, 0) is 25.7 Å². The SMILES string of the molecule is NC(Cc1ccc2c(c1)CCC2)C1Cc2ccccc2S1. The van der Waals surface area contributed by atoms with Gasteiger partial charge in [0.05, 0.1) is 0 Å². The maximum absolute atomic E-state index is 6.51. The molecule has 108 valence electrons. The first-order valence-electron chi connectivity index (χ1n) is 7.90. The van der Waals surface area contributed by atoms with Crippen molar-refractivity contribution in [1.82, 2.24) is 0 Å². The van der Waals surface area contributed by atoms with Crippen LogP contribution < -0.4 is 5.73 Å². The molecule has 0 fully saturated rings. The van der Waals surface area contributed by atoms with Crippen LogP contribution in [0.1, 0.15) is 28.7 Å². The summed E-state index contributed by atoms with van der Waals surface area (Å²) in [5.74, 6) is 0. The molecule has 2 aromatic carbocycles. The van der Waals surface area contributed by atoms with Gasteiger partial charge in [-0.25, -0.2) is 0 Å². The van der Waals surface area contributed by atoms with Crippen LogP contribution in [0.15, 0.2) is 47.4 Å². The van der Waals surface area contributed by atoms with Gasteiger partial charge in [0, 0.05) is 16.2 Å². The molecule has 0 spiro atoms. The number of fused-ring (bicyclic) bond motifs is 2. The third kappa shape index (κ3) is 2.63. The third-order valence-corrected chi connectivity index (χ3v) is 6.26. The highest BCUT2D eigenvalue weighted by Gasteiger charge is 2.27. The van der Waals surface area contributed by atoms with E-state index < -0.39 is 0 Å². The Kier molecular flexibility index (Phi) is 3.52. The fourth-order valence-electron chi connectivity index (χ4n) is 3.60. The first-order valence-corrected chi connectivity index (χ1v) is 8.78. The van der Waals surface area contributed by atoms with E-state index in [0.717, 1.165) is 12.8 Å². The van der Waals surface area contributed by atoms with Crippen molar-refractivity contribution in [3.8, 4) is 0 Å². The Labute approximate surface area is 130 Å². The Balaban J connectivity index is 1.46. The molecule has 2 aromatic rings. The molecule has 2 atom stereocenters. The molecule has 0 saturated heterocycles. The maximum Gasteiger partial charge on any atom is 0.0290 e. The summed E-state index contributed by atoms with van der Waals surface area (Å²) in [6, 6.07) is 16.0. The van der Waals surface area contributed by atoms with Crippen LogP contribution in [0.2, 0.25) is 0 Å². The molecule has 0 bridgehead atoms. The maximum atomic E-state index is 6.51. The first kappa shape index (κ1) is 13.4. The van der Waals surface area contributed by atoms with Gasteiger partial charge in [-0.15, -0.1) is 11.8 Å². The zero-order chi connectivity index (χ0) is 14.2. The Hall–Kier alpha value is -1.25.